The van der Waals surface area contributed by atoms with Gasteiger partial charge in [0, 0.05) is 22.3 Å². The number of aromatic nitrogens is 6. The number of carbonyl (C=O) groups is 4. The zero-order valence-corrected chi connectivity index (χ0v) is 31.0. The van der Waals surface area contributed by atoms with E-state index in [0.717, 1.165) is 44.5 Å². The van der Waals surface area contributed by atoms with Gasteiger partial charge in [-0.05, 0) is 104 Å². The summed E-state index contributed by atoms with van der Waals surface area (Å²) in [5.41, 5.74) is 8.43. The lowest BCUT2D eigenvalue weighted by atomic mass is 10.0. The van der Waals surface area contributed by atoms with Crippen LogP contribution >= 0.6 is 0 Å². The Hall–Kier alpha value is -6.42. The molecule has 53 heavy (non-hydrogen) atoms. The van der Waals surface area contributed by atoms with Crippen LogP contribution in [0.1, 0.15) is 121 Å². The second kappa shape index (κ2) is 14.7. The number of hydrogen-bond donors (Lipinski definition) is 0. The van der Waals surface area contributed by atoms with Gasteiger partial charge in [-0.3, -0.25) is 19.2 Å². The fourth-order valence-electron chi connectivity index (χ4n) is 6.48. The van der Waals surface area contributed by atoms with Crippen molar-refractivity contribution in [2.75, 3.05) is 0 Å². The average Bonchev–Trinajstić information content (AvgIpc) is 3.08. The van der Waals surface area contributed by atoms with Crippen LogP contribution in [-0.4, -0.2) is 53.0 Å². The lowest BCUT2D eigenvalue weighted by molar-refractivity contribution is 0.100. The minimum Gasteiger partial charge on any atom is -0.285 e. The Morgan fingerprint density at radius 3 is 0.698 bits per heavy atom. The van der Waals surface area contributed by atoms with Crippen molar-refractivity contribution in [3.05, 3.63) is 175 Å². The molecule has 264 valence electrons. The Kier molecular flexibility index (Phi) is 10.1. The first-order chi connectivity index (χ1) is 25.1. The van der Waals surface area contributed by atoms with Gasteiger partial charge in [0.15, 0.2) is 0 Å². The summed E-state index contributed by atoms with van der Waals surface area (Å²) in [6.07, 6.45) is -0.245. The first kappa shape index (κ1) is 36.4. The second-order valence-corrected chi connectivity index (χ2v) is 13.8. The molecule has 0 saturated carbocycles. The van der Waals surface area contributed by atoms with Gasteiger partial charge in [-0.25, -0.2) is 29.9 Å². The Morgan fingerprint density at radius 2 is 0.509 bits per heavy atom. The van der Waals surface area contributed by atoms with Gasteiger partial charge < -0.3 is 0 Å². The summed E-state index contributed by atoms with van der Waals surface area (Å²) in [6.45, 7) is 15.1. The topological polar surface area (TPSA) is 146 Å². The van der Waals surface area contributed by atoms with Crippen molar-refractivity contribution in [3.63, 3.8) is 0 Å². The lowest BCUT2D eigenvalue weighted by Gasteiger charge is -2.10. The van der Waals surface area contributed by atoms with Crippen LogP contribution in [0.15, 0.2) is 72.8 Å². The number of nitrogens with zero attached hydrogens (tertiary/aromatic N) is 6. The maximum Gasteiger partial charge on any atom is 0.230 e. The summed E-state index contributed by atoms with van der Waals surface area (Å²) in [5, 5.41) is 0. The summed E-state index contributed by atoms with van der Waals surface area (Å²) >= 11 is 0. The Balaban J connectivity index is 1.50. The van der Waals surface area contributed by atoms with Crippen molar-refractivity contribution >= 4 is 23.1 Å². The molecule has 0 atom stereocenters. The van der Waals surface area contributed by atoms with Crippen LogP contribution in [0.2, 0.25) is 0 Å². The Bertz CT molecular complexity index is 2090. The van der Waals surface area contributed by atoms with Crippen molar-refractivity contribution in [1.29, 1.82) is 0 Å². The van der Waals surface area contributed by atoms with E-state index in [0.29, 0.717) is 22.3 Å². The molecular formula is C43H38N6O4. The standard InChI is InChI=1S/C43H38N6O4/c1-22-9-23(2)14-30(13-22)36(50)40-44-34(45-41(48-40)37(51)31-15-24(3)10-25(4)16-31)21-35-46-42(38(52)32-17-26(5)11-27(6)18-32)49-43(47-35)39(53)33-19-28(7)12-29(8)20-33/h9-20H,21H2,1-8H3. The number of hydrogen-bond acceptors (Lipinski definition) is 10. The van der Waals surface area contributed by atoms with E-state index in [2.05, 4.69) is 29.9 Å². The molecular weight excluding hydrogens is 665 g/mol. The predicted octanol–water partition coefficient (Wildman–Crippen LogP) is 7.04. The zero-order chi connectivity index (χ0) is 38.1. The molecule has 10 nitrogen and oxygen atoms in total. The van der Waals surface area contributed by atoms with E-state index in [4.69, 9.17) is 0 Å². The fraction of sp³-hybridized carbons (Fsp3) is 0.209. The maximum atomic E-state index is 13.9. The van der Waals surface area contributed by atoms with Crippen LogP contribution in [0.3, 0.4) is 0 Å². The third-order valence-corrected chi connectivity index (χ3v) is 8.43. The highest BCUT2D eigenvalue weighted by Gasteiger charge is 2.25. The van der Waals surface area contributed by atoms with Crippen LogP contribution < -0.4 is 0 Å². The predicted molar refractivity (Wildman–Crippen MR) is 200 cm³/mol. The molecule has 0 spiro atoms. The average molecular weight is 703 g/mol. The molecule has 0 N–H and O–H groups in total. The van der Waals surface area contributed by atoms with E-state index in [1.54, 1.807) is 48.5 Å². The van der Waals surface area contributed by atoms with Crippen LogP contribution in [-0.2, 0) is 6.42 Å². The van der Waals surface area contributed by atoms with Gasteiger partial charge in [-0.1, -0.05) is 68.8 Å². The van der Waals surface area contributed by atoms with Crippen molar-refractivity contribution in [2.24, 2.45) is 0 Å². The smallest absolute Gasteiger partial charge is 0.230 e. The summed E-state index contributed by atoms with van der Waals surface area (Å²) in [5.74, 6) is -2.94. The molecule has 4 aromatic carbocycles. The highest BCUT2D eigenvalue weighted by molar-refractivity contribution is 6.10. The highest BCUT2D eigenvalue weighted by Crippen LogP contribution is 2.19. The van der Waals surface area contributed by atoms with Gasteiger partial charge in [0.25, 0.3) is 0 Å². The molecule has 2 heterocycles. The number of aryl methyl sites for hydroxylation is 8. The number of carbonyl (C=O) groups excluding carboxylic acids is 4. The molecule has 0 unspecified atom stereocenters. The molecule has 0 radical (unpaired) electrons. The second-order valence-electron chi connectivity index (χ2n) is 13.8. The lowest BCUT2D eigenvalue weighted by Crippen LogP contribution is -2.20. The molecule has 0 aliphatic rings. The molecule has 6 aromatic rings. The molecule has 0 saturated heterocycles. The summed E-state index contributed by atoms with van der Waals surface area (Å²) in [6, 6.07) is 21.6. The van der Waals surface area contributed by atoms with E-state index >= 15 is 0 Å². The summed E-state index contributed by atoms with van der Waals surface area (Å²) < 4.78 is 0. The number of ketones is 4. The third kappa shape index (κ3) is 8.39. The van der Waals surface area contributed by atoms with Crippen LogP contribution in [0.5, 0.6) is 0 Å². The van der Waals surface area contributed by atoms with Gasteiger partial charge in [0.05, 0.1) is 6.42 Å². The minimum absolute atomic E-state index is 0.00116. The first-order valence-corrected chi connectivity index (χ1v) is 17.1. The number of benzene rings is 4. The van der Waals surface area contributed by atoms with Gasteiger partial charge >= 0.3 is 0 Å². The largest absolute Gasteiger partial charge is 0.285 e. The summed E-state index contributed by atoms with van der Waals surface area (Å²) in [4.78, 5) is 82.3. The van der Waals surface area contributed by atoms with E-state index in [9.17, 15) is 19.2 Å². The normalized spacial score (nSPS) is 11.0. The molecule has 0 amide bonds. The van der Waals surface area contributed by atoms with Crippen LogP contribution in [0.25, 0.3) is 0 Å². The van der Waals surface area contributed by atoms with Gasteiger partial charge in [-0.2, -0.15) is 0 Å². The molecule has 10 heteroatoms. The SMILES string of the molecule is Cc1cc(C)cc(C(=O)c2nc(Cc3nc(C(=O)c4cc(C)cc(C)c4)nc(C(=O)c4cc(C)cc(C)c4)n3)nc(C(=O)c3cc(C)cc(C)c3)n2)c1. The number of rotatable bonds is 10. The highest BCUT2D eigenvalue weighted by atomic mass is 16.1. The maximum absolute atomic E-state index is 13.9. The monoisotopic (exact) mass is 702 g/mol. The summed E-state index contributed by atoms with van der Waals surface area (Å²) in [7, 11) is 0. The molecule has 6 rings (SSSR count). The van der Waals surface area contributed by atoms with E-state index in [-0.39, 0.29) is 41.4 Å². The van der Waals surface area contributed by atoms with Crippen molar-refractivity contribution in [3.8, 4) is 0 Å². The van der Waals surface area contributed by atoms with Crippen LogP contribution in [0.4, 0.5) is 0 Å². The molecule has 0 aliphatic carbocycles. The van der Waals surface area contributed by atoms with E-state index in [1.807, 2.05) is 79.7 Å². The van der Waals surface area contributed by atoms with Crippen LogP contribution in [0, 0.1) is 55.4 Å². The Morgan fingerprint density at radius 1 is 0.321 bits per heavy atom. The third-order valence-electron chi connectivity index (χ3n) is 8.43. The van der Waals surface area contributed by atoms with E-state index < -0.39 is 23.1 Å². The van der Waals surface area contributed by atoms with Crippen molar-refractivity contribution in [1.82, 2.24) is 29.9 Å². The van der Waals surface area contributed by atoms with Crippen molar-refractivity contribution < 1.29 is 19.2 Å². The van der Waals surface area contributed by atoms with E-state index in [1.165, 1.54) is 0 Å². The zero-order valence-electron chi connectivity index (χ0n) is 31.0. The minimum atomic E-state index is -0.498. The van der Waals surface area contributed by atoms with Gasteiger partial charge in [-0.15, -0.1) is 0 Å². The fourth-order valence-corrected chi connectivity index (χ4v) is 6.48. The molecule has 0 bridgehead atoms. The first-order valence-electron chi connectivity index (χ1n) is 17.1. The Labute approximate surface area is 307 Å². The molecule has 0 aliphatic heterocycles. The molecule has 2 aromatic heterocycles. The van der Waals surface area contributed by atoms with Gasteiger partial charge in [0.2, 0.25) is 46.4 Å². The van der Waals surface area contributed by atoms with Crippen molar-refractivity contribution in [2.45, 2.75) is 61.8 Å². The quantitative estimate of drug-likeness (QED) is 0.136. The molecule has 0 fully saturated rings. The van der Waals surface area contributed by atoms with Gasteiger partial charge in [0.1, 0.15) is 11.6 Å².